The molecule has 1 aromatic rings. The standard InChI is InChI=1S/C13H16BrClO/c1-2-16-12-8-7-10(14)13-9(12)5-3-4-6-11(13)15/h7-8,11H,2-6H2,1H3. The summed E-state index contributed by atoms with van der Waals surface area (Å²) < 4.78 is 6.80. The van der Waals surface area contributed by atoms with Crippen LogP contribution in [0.2, 0.25) is 0 Å². The molecule has 0 heterocycles. The van der Waals surface area contributed by atoms with E-state index in [1.807, 2.05) is 19.1 Å². The van der Waals surface area contributed by atoms with Gasteiger partial charge in [-0.15, -0.1) is 11.6 Å². The Morgan fingerprint density at radius 3 is 3.00 bits per heavy atom. The first-order chi connectivity index (χ1) is 7.74. The fourth-order valence-electron chi connectivity index (χ4n) is 2.27. The minimum atomic E-state index is 0.118. The third-order valence-corrected chi connectivity index (χ3v) is 4.14. The molecule has 0 spiro atoms. The Balaban J connectivity index is 2.48. The first-order valence-electron chi connectivity index (χ1n) is 5.82. The Morgan fingerprint density at radius 1 is 1.44 bits per heavy atom. The van der Waals surface area contributed by atoms with E-state index < -0.39 is 0 Å². The van der Waals surface area contributed by atoms with E-state index in [1.165, 1.54) is 24.0 Å². The summed E-state index contributed by atoms with van der Waals surface area (Å²) in [5, 5.41) is 0.118. The summed E-state index contributed by atoms with van der Waals surface area (Å²) in [6.07, 6.45) is 4.53. The molecule has 1 nitrogen and oxygen atoms in total. The minimum Gasteiger partial charge on any atom is -0.494 e. The quantitative estimate of drug-likeness (QED) is 0.560. The lowest BCUT2D eigenvalue weighted by Crippen LogP contribution is -2.01. The Morgan fingerprint density at radius 2 is 2.25 bits per heavy atom. The van der Waals surface area contributed by atoms with Gasteiger partial charge in [-0.25, -0.2) is 0 Å². The van der Waals surface area contributed by atoms with Gasteiger partial charge in [-0.3, -0.25) is 0 Å². The molecular formula is C13H16BrClO. The number of benzene rings is 1. The smallest absolute Gasteiger partial charge is 0.122 e. The van der Waals surface area contributed by atoms with E-state index >= 15 is 0 Å². The lowest BCUT2D eigenvalue weighted by Gasteiger charge is -2.17. The highest BCUT2D eigenvalue weighted by Gasteiger charge is 2.22. The summed E-state index contributed by atoms with van der Waals surface area (Å²) in [6, 6.07) is 4.09. The second-order valence-electron chi connectivity index (χ2n) is 4.08. The van der Waals surface area contributed by atoms with Crippen LogP contribution in [0, 0.1) is 0 Å². The highest BCUT2D eigenvalue weighted by Crippen LogP contribution is 2.41. The first-order valence-corrected chi connectivity index (χ1v) is 7.05. The molecule has 0 amide bonds. The Hall–Kier alpha value is -0.210. The minimum absolute atomic E-state index is 0.118. The number of rotatable bonds is 2. The number of fused-ring (bicyclic) bond motifs is 1. The molecule has 1 aromatic carbocycles. The van der Waals surface area contributed by atoms with Gasteiger partial charge in [-0.2, -0.15) is 0 Å². The van der Waals surface area contributed by atoms with Crippen LogP contribution in [-0.4, -0.2) is 6.61 Å². The average molecular weight is 304 g/mol. The topological polar surface area (TPSA) is 9.23 Å². The predicted molar refractivity (Wildman–Crippen MR) is 71.5 cm³/mol. The molecule has 0 saturated heterocycles. The van der Waals surface area contributed by atoms with Crippen molar-refractivity contribution in [3.8, 4) is 5.75 Å². The number of hydrogen-bond acceptors (Lipinski definition) is 1. The van der Waals surface area contributed by atoms with Crippen LogP contribution < -0.4 is 4.74 Å². The molecule has 88 valence electrons. The monoisotopic (exact) mass is 302 g/mol. The maximum Gasteiger partial charge on any atom is 0.122 e. The summed E-state index contributed by atoms with van der Waals surface area (Å²) in [6.45, 7) is 2.73. The van der Waals surface area contributed by atoms with Crippen LogP contribution in [0.15, 0.2) is 16.6 Å². The lowest BCUT2D eigenvalue weighted by molar-refractivity contribution is 0.336. The van der Waals surface area contributed by atoms with Crippen LogP contribution in [0.3, 0.4) is 0 Å². The summed E-state index contributed by atoms with van der Waals surface area (Å²) in [4.78, 5) is 0. The SMILES string of the molecule is CCOc1ccc(Br)c2c1CCCCC2Cl. The van der Waals surface area contributed by atoms with Gasteiger partial charge >= 0.3 is 0 Å². The largest absolute Gasteiger partial charge is 0.494 e. The van der Waals surface area contributed by atoms with Crippen LogP contribution in [0.1, 0.15) is 42.7 Å². The molecule has 0 radical (unpaired) electrons. The molecule has 3 heteroatoms. The maximum absolute atomic E-state index is 6.44. The van der Waals surface area contributed by atoms with Crippen molar-refractivity contribution in [3.63, 3.8) is 0 Å². The van der Waals surface area contributed by atoms with Crippen molar-refractivity contribution in [2.75, 3.05) is 6.61 Å². The van der Waals surface area contributed by atoms with E-state index in [9.17, 15) is 0 Å². The van der Waals surface area contributed by atoms with E-state index in [0.29, 0.717) is 6.61 Å². The van der Waals surface area contributed by atoms with Gasteiger partial charge < -0.3 is 4.74 Å². The molecule has 0 N–H and O–H groups in total. The van der Waals surface area contributed by atoms with Gasteiger partial charge in [-0.05, 0) is 49.4 Å². The number of ether oxygens (including phenoxy) is 1. The average Bonchev–Trinajstić information content (AvgIpc) is 2.46. The van der Waals surface area contributed by atoms with Gasteiger partial charge in [0.1, 0.15) is 5.75 Å². The van der Waals surface area contributed by atoms with E-state index in [1.54, 1.807) is 0 Å². The van der Waals surface area contributed by atoms with Crippen LogP contribution in [0.25, 0.3) is 0 Å². The molecule has 16 heavy (non-hydrogen) atoms. The van der Waals surface area contributed by atoms with Crippen LogP contribution in [-0.2, 0) is 6.42 Å². The van der Waals surface area contributed by atoms with Crippen molar-refractivity contribution in [1.82, 2.24) is 0 Å². The molecule has 0 aliphatic heterocycles. The van der Waals surface area contributed by atoms with Crippen molar-refractivity contribution in [2.45, 2.75) is 38.0 Å². The van der Waals surface area contributed by atoms with E-state index in [0.717, 1.165) is 23.1 Å². The van der Waals surface area contributed by atoms with Gasteiger partial charge in [0.15, 0.2) is 0 Å². The molecule has 1 aliphatic rings. The Kier molecular flexibility index (Phi) is 4.15. The van der Waals surface area contributed by atoms with Gasteiger partial charge in [-0.1, -0.05) is 22.4 Å². The Bertz CT molecular complexity index is 378. The van der Waals surface area contributed by atoms with Crippen molar-refractivity contribution in [1.29, 1.82) is 0 Å². The fraction of sp³-hybridized carbons (Fsp3) is 0.538. The fourth-order valence-corrected chi connectivity index (χ4v) is 3.46. The zero-order valence-electron chi connectivity index (χ0n) is 9.43. The van der Waals surface area contributed by atoms with Crippen molar-refractivity contribution in [2.24, 2.45) is 0 Å². The van der Waals surface area contributed by atoms with Crippen molar-refractivity contribution < 1.29 is 4.74 Å². The number of alkyl halides is 1. The maximum atomic E-state index is 6.44. The predicted octanol–water partition coefficient (Wildman–Crippen LogP) is 4.85. The van der Waals surface area contributed by atoms with Crippen LogP contribution >= 0.6 is 27.5 Å². The highest BCUT2D eigenvalue weighted by atomic mass is 79.9. The molecule has 0 fully saturated rings. The summed E-state index contributed by atoms with van der Waals surface area (Å²) in [5.74, 6) is 1.01. The normalized spacial score (nSPS) is 20.1. The Labute approximate surface area is 110 Å². The molecule has 1 atom stereocenters. The third-order valence-electron chi connectivity index (χ3n) is 3.01. The number of halogens is 2. The lowest BCUT2D eigenvalue weighted by atomic mass is 10.0. The zero-order valence-corrected chi connectivity index (χ0v) is 11.8. The van der Waals surface area contributed by atoms with E-state index in [4.69, 9.17) is 16.3 Å². The van der Waals surface area contributed by atoms with Crippen molar-refractivity contribution >= 4 is 27.5 Å². The van der Waals surface area contributed by atoms with Crippen molar-refractivity contribution in [3.05, 3.63) is 27.7 Å². The number of hydrogen-bond donors (Lipinski definition) is 0. The summed E-state index contributed by atoms with van der Waals surface area (Å²) >= 11 is 10.0. The van der Waals surface area contributed by atoms with E-state index in [2.05, 4.69) is 15.9 Å². The first kappa shape index (κ1) is 12.3. The van der Waals surface area contributed by atoms with Gasteiger partial charge in [0.2, 0.25) is 0 Å². The van der Waals surface area contributed by atoms with Gasteiger partial charge in [0.25, 0.3) is 0 Å². The molecule has 0 aromatic heterocycles. The van der Waals surface area contributed by atoms with Crippen LogP contribution in [0.4, 0.5) is 0 Å². The third kappa shape index (κ3) is 2.38. The molecule has 0 bridgehead atoms. The zero-order chi connectivity index (χ0) is 11.5. The second-order valence-corrected chi connectivity index (χ2v) is 5.47. The molecule has 0 saturated carbocycles. The van der Waals surface area contributed by atoms with Gasteiger partial charge in [0.05, 0.1) is 12.0 Å². The summed E-state index contributed by atoms with van der Waals surface area (Å²) in [5.41, 5.74) is 2.54. The molecule has 1 aliphatic carbocycles. The van der Waals surface area contributed by atoms with E-state index in [-0.39, 0.29) is 5.38 Å². The highest BCUT2D eigenvalue weighted by molar-refractivity contribution is 9.10. The van der Waals surface area contributed by atoms with Gasteiger partial charge in [0, 0.05) is 4.47 Å². The summed E-state index contributed by atoms with van der Waals surface area (Å²) in [7, 11) is 0. The van der Waals surface area contributed by atoms with Crippen LogP contribution in [0.5, 0.6) is 5.75 Å². The molecular weight excluding hydrogens is 287 g/mol. The molecule has 1 unspecified atom stereocenters. The molecule has 2 rings (SSSR count). The second kappa shape index (κ2) is 5.42.